The minimum Gasteiger partial charge on any atom is -0.310 e. The summed E-state index contributed by atoms with van der Waals surface area (Å²) in [6.45, 7) is 0. The second kappa shape index (κ2) is 13.3. The first-order valence-corrected chi connectivity index (χ1v) is 19.6. The van der Waals surface area contributed by atoms with Gasteiger partial charge in [-0.25, -0.2) is 0 Å². The summed E-state index contributed by atoms with van der Waals surface area (Å²) < 4.78 is 2.44. The average Bonchev–Trinajstić information content (AvgIpc) is 3.62. The van der Waals surface area contributed by atoms with Crippen LogP contribution in [0, 0.1) is 0 Å². The summed E-state index contributed by atoms with van der Waals surface area (Å²) in [5.74, 6) is 0. The van der Waals surface area contributed by atoms with E-state index in [9.17, 15) is 0 Å². The normalized spacial score (nSPS) is 12.4. The fourth-order valence-electron chi connectivity index (χ4n) is 9.02. The van der Waals surface area contributed by atoms with Crippen LogP contribution in [0.1, 0.15) is 12.8 Å². The summed E-state index contributed by atoms with van der Waals surface area (Å²) in [6.07, 6.45) is 6.92. The predicted molar refractivity (Wildman–Crippen MR) is 239 cm³/mol. The largest absolute Gasteiger partial charge is 0.310 e. The molecule has 1 aliphatic rings. The maximum atomic E-state index is 2.48. The van der Waals surface area contributed by atoms with Gasteiger partial charge >= 0.3 is 0 Å². The van der Waals surface area contributed by atoms with E-state index in [1.807, 2.05) is 0 Å². The summed E-state index contributed by atoms with van der Waals surface area (Å²) in [6, 6.07) is 71.0. The van der Waals surface area contributed by atoms with E-state index in [0.717, 1.165) is 24.2 Å². The summed E-state index contributed by atoms with van der Waals surface area (Å²) in [5.41, 5.74) is 10.6. The van der Waals surface area contributed by atoms with Gasteiger partial charge in [0.25, 0.3) is 0 Å². The van der Waals surface area contributed by atoms with Crippen LogP contribution in [0.2, 0.25) is 0 Å². The molecule has 0 unspecified atom stereocenters. The standard InChI is InChI=1S/C54H38N2/c1-3-14-38(15-4-1)46-20-9-11-22-50(46)56(53-25-13-24-52-54(53)49-21-10-12-23-51(49)55(52)42-17-5-2-6-18-42)43-31-26-37(27-32-43)40-29-33-45-41(36-40)30-35-47-44-19-8-7-16-39(44)28-34-48(45)47/h1-9,11,13-36H,10,12H2. The second-order valence-corrected chi connectivity index (χ2v) is 14.8. The van der Waals surface area contributed by atoms with Gasteiger partial charge in [0.05, 0.1) is 16.9 Å². The Labute approximate surface area is 326 Å². The summed E-state index contributed by atoms with van der Waals surface area (Å²) in [4.78, 5) is 2.48. The van der Waals surface area contributed by atoms with Gasteiger partial charge < -0.3 is 9.47 Å². The lowest BCUT2D eigenvalue weighted by atomic mass is 9.94. The van der Waals surface area contributed by atoms with E-state index in [2.05, 4.69) is 216 Å². The van der Waals surface area contributed by atoms with E-state index in [-0.39, 0.29) is 0 Å². The Balaban J connectivity index is 1.09. The van der Waals surface area contributed by atoms with Crippen molar-refractivity contribution in [1.29, 1.82) is 0 Å². The molecule has 9 aromatic carbocycles. The summed E-state index contributed by atoms with van der Waals surface area (Å²) in [7, 11) is 0. The van der Waals surface area contributed by atoms with Crippen LogP contribution in [-0.4, -0.2) is 4.57 Å². The van der Waals surface area contributed by atoms with Crippen LogP contribution in [0.5, 0.6) is 0 Å². The number of para-hydroxylation sites is 2. The van der Waals surface area contributed by atoms with E-state index >= 15 is 0 Å². The van der Waals surface area contributed by atoms with Gasteiger partial charge in [0.1, 0.15) is 0 Å². The molecular formula is C54H38N2. The van der Waals surface area contributed by atoms with E-state index in [0.29, 0.717) is 0 Å². The highest BCUT2D eigenvalue weighted by Crippen LogP contribution is 2.43. The fourth-order valence-corrected chi connectivity index (χ4v) is 9.02. The van der Waals surface area contributed by atoms with Crippen LogP contribution in [0.3, 0.4) is 0 Å². The molecular weight excluding hydrogens is 677 g/mol. The van der Waals surface area contributed by atoms with Gasteiger partial charge in [0.15, 0.2) is 0 Å². The van der Waals surface area contributed by atoms with Crippen LogP contribution in [0.15, 0.2) is 194 Å². The molecule has 10 aromatic rings. The van der Waals surface area contributed by atoms with Crippen LogP contribution in [-0.2, 0) is 0 Å². The number of hydrogen-bond acceptors (Lipinski definition) is 1. The molecule has 1 heterocycles. The van der Waals surface area contributed by atoms with Gasteiger partial charge in [0.2, 0.25) is 0 Å². The topological polar surface area (TPSA) is 8.17 Å². The Morgan fingerprint density at radius 3 is 1.89 bits per heavy atom. The number of hydrogen-bond donors (Lipinski definition) is 0. The Morgan fingerprint density at radius 1 is 0.411 bits per heavy atom. The Bertz CT molecular complexity index is 3230. The molecule has 0 spiro atoms. The number of benzene rings is 9. The van der Waals surface area contributed by atoms with Crippen LogP contribution in [0.4, 0.5) is 17.1 Å². The van der Waals surface area contributed by atoms with Gasteiger partial charge in [-0.1, -0.05) is 158 Å². The second-order valence-electron chi connectivity index (χ2n) is 14.8. The zero-order valence-corrected chi connectivity index (χ0v) is 30.9. The van der Waals surface area contributed by atoms with E-state index < -0.39 is 0 Å². The first-order chi connectivity index (χ1) is 27.8. The lowest BCUT2D eigenvalue weighted by Gasteiger charge is -2.29. The van der Waals surface area contributed by atoms with Crippen molar-refractivity contribution in [3.8, 4) is 27.9 Å². The quantitative estimate of drug-likeness (QED) is 0.156. The van der Waals surface area contributed by atoms with Gasteiger partial charge in [-0.05, 0) is 110 Å². The van der Waals surface area contributed by atoms with E-state index in [4.69, 9.17) is 0 Å². The number of aromatic nitrogens is 1. The minimum absolute atomic E-state index is 1.03. The van der Waals surface area contributed by atoms with Crippen molar-refractivity contribution in [1.82, 2.24) is 4.57 Å². The predicted octanol–water partition coefficient (Wildman–Crippen LogP) is 13.2. The Hall–Kier alpha value is -7.16. The van der Waals surface area contributed by atoms with Crippen molar-refractivity contribution in [2.45, 2.75) is 12.8 Å². The molecule has 0 bridgehead atoms. The maximum Gasteiger partial charge on any atom is 0.0562 e. The highest BCUT2D eigenvalue weighted by atomic mass is 15.1. The molecule has 1 aromatic heterocycles. The molecule has 0 radical (unpaired) electrons. The summed E-state index contributed by atoms with van der Waals surface area (Å²) >= 11 is 0. The minimum atomic E-state index is 1.03. The third-order valence-corrected chi connectivity index (χ3v) is 11.6. The molecule has 1 aliphatic carbocycles. The van der Waals surface area contributed by atoms with Crippen LogP contribution in [0.25, 0.3) is 83.3 Å². The first kappa shape index (κ1) is 32.3. The molecule has 11 rings (SSSR count). The fraction of sp³-hybridized carbons (Fsp3) is 0.0370. The molecule has 2 heteroatoms. The Kier molecular flexibility index (Phi) is 7.67. The SMILES string of the molecule is C1=c2c(n(-c3ccccc3)c3cccc(N(c4ccc(-c5ccc6c(ccc7c8ccccc8ccc67)c5)cc4)c4ccccc4-c4ccccc4)c23)=CCC1. The van der Waals surface area contributed by atoms with Crippen molar-refractivity contribution >= 4 is 72.4 Å². The van der Waals surface area contributed by atoms with Crippen LogP contribution < -0.4 is 15.5 Å². The zero-order valence-electron chi connectivity index (χ0n) is 30.9. The van der Waals surface area contributed by atoms with Crippen molar-refractivity contribution in [2.75, 3.05) is 4.90 Å². The summed E-state index contributed by atoms with van der Waals surface area (Å²) in [5, 5.41) is 11.5. The highest BCUT2D eigenvalue weighted by molar-refractivity contribution is 6.17. The van der Waals surface area contributed by atoms with Crippen molar-refractivity contribution in [2.24, 2.45) is 0 Å². The van der Waals surface area contributed by atoms with Crippen molar-refractivity contribution in [3.63, 3.8) is 0 Å². The monoisotopic (exact) mass is 714 g/mol. The highest BCUT2D eigenvalue weighted by Gasteiger charge is 2.22. The van der Waals surface area contributed by atoms with E-state index in [1.54, 1.807) is 0 Å². The number of nitrogens with zero attached hydrogens (tertiary/aromatic N) is 2. The lowest BCUT2D eigenvalue weighted by Crippen LogP contribution is -2.30. The maximum absolute atomic E-state index is 2.48. The van der Waals surface area contributed by atoms with Crippen molar-refractivity contribution in [3.05, 3.63) is 205 Å². The van der Waals surface area contributed by atoms with Gasteiger partial charge in [-0.15, -0.1) is 0 Å². The van der Waals surface area contributed by atoms with Crippen LogP contribution >= 0.6 is 0 Å². The van der Waals surface area contributed by atoms with Crippen molar-refractivity contribution < 1.29 is 0 Å². The third kappa shape index (κ3) is 5.26. The molecule has 0 amide bonds. The third-order valence-electron chi connectivity index (χ3n) is 11.6. The molecule has 0 aliphatic heterocycles. The lowest BCUT2D eigenvalue weighted by molar-refractivity contribution is 1.02. The first-order valence-electron chi connectivity index (χ1n) is 19.6. The van der Waals surface area contributed by atoms with Gasteiger partial charge in [-0.2, -0.15) is 0 Å². The molecule has 0 saturated carbocycles. The molecule has 0 atom stereocenters. The Morgan fingerprint density at radius 2 is 1.05 bits per heavy atom. The molecule has 0 saturated heterocycles. The van der Waals surface area contributed by atoms with E-state index in [1.165, 1.54) is 87.4 Å². The molecule has 264 valence electrons. The average molecular weight is 715 g/mol. The van der Waals surface area contributed by atoms with Gasteiger partial charge in [0, 0.05) is 32.9 Å². The number of rotatable bonds is 6. The molecule has 0 fully saturated rings. The molecule has 0 N–H and O–H groups in total. The molecule has 2 nitrogen and oxygen atoms in total. The number of fused-ring (bicyclic) bond motifs is 8. The number of anilines is 3. The smallest absolute Gasteiger partial charge is 0.0562 e. The van der Waals surface area contributed by atoms with Gasteiger partial charge in [-0.3, -0.25) is 0 Å². The zero-order chi connectivity index (χ0) is 37.0. The molecule has 56 heavy (non-hydrogen) atoms.